The summed E-state index contributed by atoms with van der Waals surface area (Å²) in [7, 11) is 0. The zero-order valence-electron chi connectivity index (χ0n) is 6.67. The third-order valence-corrected chi connectivity index (χ3v) is 1.62. The summed E-state index contributed by atoms with van der Waals surface area (Å²) >= 11 is 5.71. The Labute approximate surface area is 75.4 Å². The molecule has 66 valence electrons. The predicted octanol–water partition coefficient (Wildman–Crippen LogP) is 1.16. The zero-order valence-corrected chi connectivity index (χ0v) is 7.43. The SMILES string of the molecule is CCN=C(NN)c1ccoc1Cl. The summed E-state index contributed by atoms with van der Waals surface area (Å²) < 4.78 is 4.88. The van der Waals surface area contributed by atoms with Crippen molar-refractivity contribution in [1.82, 2.24) is 5.43 Å². The van der Waals surface area contributed by atoms with Gasteiger partial charge in [0.1, 0.15) is 5.84 Å². The quantitative estimate of drug-likeness (QED) is 0.316. The summed E-state index contributed by atoms with van der Waals surface area (Å²) in [5.74, 6) is 5.78. The number of amidine groups is 1. The Bertz CT molecular complexity index is 282. The van der Waals surface area contributed by atoms with Gasteiger partial charge in [-0.15, -0.1) is 0 Å². The van der Waals surface area contributed by atoms with E-state index in [2.05, 4.69) is 10.4 Å². The lowest BCUT2D eigenvalue weighted by atomic mass is 10.3. The standard InChI is InChI=1S/C7H10ClN3O/c1-2-10-7(11-9)5-3-4-12-6(5)8/h3-4H,2,9H2,1H3,(H,10,11). The van der Waals surface area contributed by atoms with Crippen LogP contribution in [0.5, 0.6) is 0 Å². The van der Waals surface area contributed by atoms with E-state index in [9.17, 15) is 0 Å². The maximum Gasteiger partial charge on any atom is 0.203 e. The van der Waals surface area contributed by atoms with Gasteiger partial charge >= 0.3 is 0 Å². The van der Waals surface area contributed by atoms with E-state index in [0.717, 1.165) is 0 Å². The van der Waals surface area contributed by atoms with Crippen LogP contribution >= 0.6 is 11.6 Å². The molecule has 1 heterocycles. The number of halogens is 1. The lowest BCUT2D eigenvalue weighted by Crippen LogP contribution is -2.31. The van der Waals surface area contributed by atoms with Crippen molar-refractivity contribution in [3.05, 3.63) is 23.1 Å². The van der Waals surface area contributed by atoms with Crippen molar-refractivity contribution in [3.8, 4) is 0 Å². The summed E-state index contributed by atoms with van der Waals surface area (Å²) in [5.41, 5.74) is 3.13. The van der Waals surface area contributed by atoms with Gasteiger partial charge in [-0.1, -0.05) is 0 Å². The summed E-state index contributed by atoms with van der Waals surface area (Å²) in [5, 5.41) is 0.292. The molecule has 0 bridgehead atoms. The normalized spacial score (nSPS) is 11.8. The van der Waals surface area contributed by atoms with Crippen molar-refractivity contribution >= 4 is 17.4 Å². The van der Waals surface area contributed by atoms with E-state index in [1.165, 1.54) is 6.26 Å². The van der Waals surface area contributed by atoms with Crippen LogP contribution in [0.4, 0.5) is 0 Å². The highest BCUT2D eigenvalue weighted by molar-refractivity contribution is 6.32. The number of nitrogens with one attached hydrogen (secondary N) is 1. The lowest BCUT2D eigenvalue weighted by molar-refractivity contribution is 0.568. The molecule has 4 nitrogen and oxygen atoms in total. The highest BCUT2D eigenvalue weighted by Crippen LogP contribution is 2.16. The van der Waals surface area contributed by atoms with E-state index < -0.39 is 0 Å². The molecule has 0 saturated heterocycles. The first-order valence-corrected chi connectivity index (χ1v) is 3.91. The van der Waals surface area contributed by atoms with Crippen LogP contribution in [-0.4, -0.2) is 12.4 Å². The third kappa shape index (κ3) is 1.78. The van der Waals surface area contributed by atoms with Crippen molar-refractivity contribution in [1.29, 1.82) is 0 Å². The number of rotatable bonds is 2. The summed E-state index contributed by atoms with van der Waals surface area (Å²) in [4.78, 5) is 4.08. The second-order valence-corrected chi connectivity index (χ2v) is 2.42. The van der Waals surface area contributed by atoms with Gasteiger partial charge in [0.05, 0.1) is 11.8 Å². The van der Waals surface area contributed by atoms with Gasteiger partial charge in [-0.3, -0.25) is 4.99 Å². The second-order valence-electron chi connectivity index (χ2n) is 2.08. The summed E-state index contributed by atoms with van der Waals surface area (Å²) in [6.45, 7) is 2.55. The van der Waals surface area contributed by atoms with Gasteiger partial charge in [0.2, 0.25) is 5.22 Å². The minimum atomic E-state index is 0.292. The Morgan fingerprint density at radius 2 is 2.58 bits per heavy atom. The molecule has 0 saturated carbocycles. The van der Waals surface area contributed by atoms with Gasteiger partial charge in [-0.05, 0) is 24.6 Å². The van der Waals surface area contributed by atoms with Crippen molar-refractivity contribution in [2.45, 2.75) is 6.92 Å². The number of hydrogen-bond acceptors (Lipinski definition) is 3. The fourth-order valence-electron chi connectivity index (χ4n) is 0.830. The molecule has 0 spiro atoms. The average molecular weight is 188 g/mol. The number of furan rings is 1. The molecular weight excluding hydrogens is 178 g/mol. The molecule has 0 aliphatic rings. The van der Waals surface area contributed by atoms with Crippen LogP contribution in [0.25, 0.3) is 0 Å². The number of aliphatic imine (C=N–C) groups is 1. The smallest absolute Gasteiger partial charge is 0.203 e. The van der Waals surface area contributed by atoms with E-state index in [1.54, 1.807) is 6.07 Å². The van der Waals surface area contributed by atoms with Gasteiger partial charge in [0.15, 0.2) is 0 Å². The van der Waals surface area contributed by atoms with Crippen LogP contribution in [0.1, 0.15) is 12.5 Å². The van der Waals surface area contributed by atoms with E-state index in [-0.39, 0.29) is 0 Å². The Hall–Kier alpha value is -1.00. The molecule has 5 heteroatoms. The molecule has 1 aromatic rings. The maximum absolute atomic E-state index is 5.71. The lowest BCUT2D eigenvalue weighted by Gasteiger charge is -2.01. The fraction of sp³-hybridized carbons (Fsp3) is 0.286. The van der Waals surface area contributed by atoms with E-state index in [1.807, 2.05) is 6.92 Å². The average Bonchev–Trinajstić information content (AvgIpc) is 2.47. The highest BCUT2D eigenvalue weighted by atomic mass is 35.5. The Balaban J connectivity index is 2.95. The van der Waals surface area contributed by atoms with Crippen molar-refractivity contribution in [2.75, 3.05) is 6.54 Å². The number of hydrogen-bond donors (Lipinski definition) is 2. The number of nitrogens with two attached hydrogens (primary N) is 1. The summed E-state index contributed by atoms with van der Waals surface area (Å²) in [6.07, 6.45) is 1.49. The van der Waals surface area contributed by atoms with Gasteiger partial charge in [0, 0.05) is 6.54 Å². The Kier molecular flexibility index (Phi) is 3.13. The third-order valence-electron chi connectivity index (χ3n) is 1.33. The minimum absolute atomic E-state index is 0.292. The molecule has 1 rings (SSSR count). The Morgan fingerprint density at radius 1 is 1.83 bits per heavy atom. The molecule has 0 atom stereocenters. The predicted molar refractivity (Wildman–Crippen MR) is 48.1 cm³/mol. The molecule has 12 heavy (non-hydrogen) atoms. The van der Waals surface area contributed by atoms with Crippen molar-refractivity contribution in [3.63, 3.8) is 0 Å². The Morgan fingerprint density at radius 3 is 3.00 bits per heavy atom. The molecule has 0 unspecified atom stereocenters. The van der Waals surface area contributed by atoms with Gasteiger partial charge in [-0.2, -0.15) is 0 Å². The molecule has 0 amide bonds. The van der Waals surface area contributed by atoms with Gasteiger partial charge < -0.3 is 9.84 Å². The number of nitrogens with zero attached hydrogens (tertiary/aromatic N) is 1. The summed E-state index contributed by atoms with van der Waals surface area (Å²) in [6, 6.07) is 1.71. The molecule has 0 aliphatic heterocycles. The largest absolute Gasteiger partial charge is 0.452 e. The molecule has 0 aliphatic carbocycles. The first kappa shape index (κ1) is 9.09. The molecule has 0 aromatic carbocycles. The second kappa shape index (κ2) is 4.13. The highest BCUT2D eigenvalue weighted by Gasteiger charge is 2.08. The molecule has 3 N–H and O–H groups in total. The number of hydrazine groups is 1. The van der Waals surface area contributed by atoms with E-state index >= 15 is 0 Å². The van der Waals surface area contributed by atoms with Gasteiger partial charge in [0.25, 0.3) is 0 Å². The van der Waals surface area contributed by atoms with Crippen LogP contribution < -0.4 is 11.3 Å². The van der Waals surface area contributed by atoms with E-state index in [4.69, 9.17) is 21.9 Å². The van der Waals surface area contributed by atoms with Crippen molar-refractivity contribution < 1.29 is 4.42 Å². The van der Waals surface area contributed by atoms with Crippen LogP contribution in [0, 0.1) is 0 Å². The topological polar surface area (TPSA) is 63.5 Å². The zero-order chi connectivity index (χ0) is 8.97. The molecule has 0 radical (unpaired) electrons. The molecular formula is C7H10ClN3O. The molecule has 1 aromatic heterocycles. The van der Waals surface area contributed by atoms with Crippen LogP contribution in [0.3, 0.4) is 0 Å². The first-order valence-electron chi connectivity index (χ1n) is 3.54. The van der Waals surface area contributed by atoms with E-state index in [0.29, 0.717) is 23.2 Å². The van der Waals surface area contributed by atoms with Crippen LogP contribution in [0.15, 0.2) is 21.7 Å². The molecule has 0 fully saturated rings. The fourth-order valence-corrected chi connectivity index (χ4v) is 1.03. The monoisotopic (exact) mass is 187 g/mol. The minimum Gasteiger partial charge on any atom is -0.452 e. The van der Waals surface area contributed by atoms with Crippen LogP contribution in [0.2, 0.25) is 5.22 Å². The maximum atomic E-state index is 5.71. The van der Waals surface area contributed by atoms with Crippen LogP contribution in [-0.2, 0) is 0 Å². The van der Waals surface area contributed by atoms with Crippen molar-refractivity contribution in [2.24, 2.45) is 10.8 Å². The van der Waals surface area contributed by atoms with Gasteiger partial charge in [-0.25, -0.2) is 5.84 Å². The first-order chi connectivity index (χ1) is 5.79.